The molecule has 0 saturated heterocycles. The summed E-state index contributed by atoms with van der Waals surface area (Å²) >= 11 is 9.15. The zero-order valence-electron chi connectivity index (χ0n) is 4.21. The summed E-state index contributed by atoms with van der Waals surface area (Å²) in [6.07, 6.45) is 0.179. The molecule has 0 atom stereocenters. The lowest BCUT2D eigenvalue weighted by molar-refractivity contribution is 0.291. The Labute approximate surface area is 55.1 Å². The topological polar surface area (TPSA) is 9.23 Å². The van der Waals surface area contributed by atoms with Gasteiger partial charge in [0.25, 0.3) is 0 Å². The summed E-state index contributed by atoms with van der Waals surface area (Å²) in [6.45, 7) is 3.83. The van der Waals surface area contributed by atoms with Gasteiger partial charge in [0.15, 0.2) is 0 Å². The van der Waals surface area contributed by atoms with E-state index in [-0.39, 0.29) is 6.10 Å². The van der Waals surface area contributed by atoms with E-state index >= 15 is 0 Å². The second-order valence-corrected chi connectivity index (χ2v) is 4.40. The van der Waals surface area contributed by atoms with Crippen LogP contribution >= 0.6 is 0 Å². The van der Waals surface area contributed by atoms with Gasteiger partial charge in [0.2, 0.25) is 0 Å². The molecule has 0 aromatic carbocycles. The van der Waals surface area contributed by atoms with Crippen LogP contribution < -0.4 is 0 Å². The first-order valence-electron chi connectivity index (χ1n) is 1.89. The van der Waals surface area contributed by atoms with Gasteiger partial charge < -0.3 is 4.18 Å². The average Bonchev–Trinajstić information content (AvgIpc) is 1.27. The van der Waals surface area contributed by atoms with Gasteiger partial charge in [0.05, 0.1) is 0 Å². The van der Waals surface area contributed by atoms with Gasteiger partial charge in [0, 0.05) is 6.10 Å². The SMILES string of the molecule is CC(C)O[S-](=S)=S. The smallest absolute Gasteiger partial charge is 0.0291 e. The monoisotopic (exact) mass is 155 g/mol. The first-order chi connectivity index (χ1) is 3.13. The molecule has 0 heterocycles. The third-order valence-electron chi connectivity index (χ3n) is 0.271. The Bertz CT molecular complexity index is 96.7. The molecule has 0 radical (unpaired) electrons. The summed E-state index contributed by atoms with van der Waals surface area (Å²) in [5, 5.41) is 0. The zero-order valence-corrected chi connectivity index (χ0v) is 6.66. The standard InChI is InChI=1S/C3H7OS3/c1-3(2)4-7(5)6/h3H,1-2H3/q-1. The molecule has 0 aromatic heterocycles. The van der Waals surface area contributed by atoms with E-state index in [2.05, 4.69) is 22.4 Å². The van der Waals surface area contributed by atoms with Gasteiger partial charge in [-0.1, -0.05) is 0 Å². The lowest BCUT2D eigenvalue weighted by atomic mass is 10.5. The Kier molecular flexibility index (Phi) is 4.11. The van der Waals surface area contributed by atoms with Crippen LogP contribution in [0.5, 0.6) is 0 Å². The van der Waals surface area contributed by atoms with Gasteiger partial charge >= 0.3 is 0 Å². The van der Waals surface area contributed by atoms with Gasteiger partial charge in [0.1, 0.15) is 0 Å². The summed E-state index contributed by atoms with van der Waals surface area (Å²) in [5.74, 6) is 0. The van der Waals surface area contributed by atoms with Crippen molar-refractivity contribution in [2.45, 2.75) is 20.0 Å². The van der Waals surface area contributed by atoms with Crippen molar-refractivity contribution in [3.8, 4) is 0 Å². The Balaban J connectivity index is 3.32. The van der Waals surface area contributed by atoms with Crippen LogP contribution in [-0.2, 0) is 34.9 Å². The van der Waals surface area contributed by atoms with E-state index in [1.165, 1.54) is 0 Å². The first-order valence-corrected chi connectivity index (χ1v) is 4.89. The van der Waals surface area contributed by atoms with Crippen molar-refractivity contribution in [3.63, 3.8) is 0 Å². The molecule has 7 heavy (non-hydrogen) atoms. The van der Waals surface area contributed by atoms with Crippen LogP contribution in [0.1, 0.15) is 13.8 Å². The van der Waals surface area contributed by atoms with E-state index in [9.17, 15) is 0 Å². The molecule has 0 aliphatic rings. The predicted molar refractivity (Wildman–Crippen MR) is 38.3 cm³/mol. The van der Waals surface area contributed by atoms with Crippen LogP contribution in [0.4, 0.5) is 0 Å². The molecule has 1 nitrogen and oxygen atoms in total. The molecule has 0 bridgehead atoms. The molecule has 0 aliphatic carbocycles. The Hall–Kier alpha value is 0.750. The highest BCUT2D eigenvalue weighted by Crippen LogP contribution is 1.85. The fourth-order valence-electron chi connectivity index (χ4n) is 0.157. The number of hydrogen-bond donors (Lipinski definition) is 0. The summed E-state index contributed by atoms with van der Waals surface area (Å²) < 4.78 is 4.91. The van der Waals surface area contributed by atoms with E-state index in [1.807, 2.05) is 13.8 Å². The zero-order chi connectivity index (χ0) is 5.86. The molecule has 0 saturated carbocycles. The fraction of sp³-hybridized carbons (Fsp3) is 1.00. The minimum atomic E-state index is -0.679. The van der Waals surface area contributed by atoms with Crippen molar-refractivity contribution in [2.24, 2.45) is 0 Å². The van der Waals surface area contributed by atoms with Gasteiger partial charge in [-0.05, 0) is 13.8 Å². The van der Waals surface area contributed by atoms with E-state index in [0.29, 0.717) is 0 Å². The molecular formula is C3H7OS3-. The molecule has 0 fully saturated rings. The maximum Gasteiger partial charge on any atom is 0.0291 e. The van der Waals surface area contributed by atoms with Crippen molar-refractivity contribution in [2.75, 3.05) is 0 Å². The highest BCUT2D eigenvalue weighted by molar-refractivity contribution is 8.44. The Morgan fingerprint density at radius 3 is 1.86 bits per heavy atom. The molecule has 0 spiro atoms. The fourth-order valence-corrected chi connectivity index (χ4v) is 1.41. The molecular weight excluding hydrogens is 148 g/mol. The molecule has 0 unspecified atom stereocenters. The van der Waals surface area contributed by atoms with E-state index in [4.69, 9.17) is 4.18 Å². The predicted octanol–water partition coefficient (Wildman–Crippen LogP) is 0.869. The van der Waals surface area contributed by atoms with Crippen LogP contribution in [0.25, 0.3) is 0 Å². The second kappa shape index (κ2) is 3.72. The normalized spacial score (nSPS) is 10.9. The molecule has 0 amide bonds. The molecule has 4 heteroatoms. The van der Waals surface area contributed by atoms with Crippen molar-refractivity contribution in [1.29, 1.82) is 0 Å². The van der Waals surface area contributed by atoms with E-state index in [1.54, 1.807) is 0 Å². The van der Waals surface area contributed by atoms with Gasteiger partial charge in [-0.2, -0.15) is 0 Å². The summed E-state index contributed by atoms with van der Waals surface area (Å²) in [5.41, 5.74) is 0. The van der Waals surface area contributed by atoms with Gasteiger partial charge in [-0.15, -0.1) is 0 Å². The highest BCUT2D eigenvalue weighted by atomic mass is 33.1. The van der Waals surface area contributed by atoms with Crippen LogP contribution in [0.3, 0.4) is 0 Å². The average molecular weight is 155 g/mol. The molecule has 0 aromatic rings. The summed E-state index contributed by atoms with van der Waals surface area (Å²) in [7, 11) is -0.679. The Morgan fingerprint density at radius 2 is 1.86 bits per heavy atom. The minimum absolute atomic E-state index is 0.179. The van der Waals surface area contributed by atoms with Crippen molar-refractivity contribution in [3.05, 3.63) is 0 Å². The van der Waals surface area contributed by atoms with Gasteiger partial charge in [-0.3, -0.25) is 0 Å². The first kappa shape index (κ1) is 7.75. The van der Waals surface area contributed by atoms with Crippen molar-refractivity contribution < 1.29 is 4.18 Å². The summed E-state index contributed by atoms with van der Waals surface area (Å²) in [6, 6.07) is 0. The Morgan fingerprint density at radius 1 is 1.43 bits per heavy atom. The lowest BCUT2D eigenvalue weighted by Gasteiger charge is -2.09. The molecule has 0 rings (SSSR count). The maximum atomic E-state index is 4.91. The number of rotatable bonds is 2. The van der Waals surface area contributed by atoms with Gasteiger partial charge in [-0.25, -0.2) is 30.7 Å². The van der Waals surface area contributed by atoms with Crippen LogP contribution in [0.2, 0.25) is 0 Å². The lowest BCUT2D eigenvalue weighted by Crippen LogP contribution is -1.97. The maximum absolute atomic E-state index is 4.91. The number of hydrogen-bond acceptors (Lipinski definition) is 4. The van der Waals surface area contributed by atoms with Crippen molar-refractivity contribution >= 4 is 30.7 Å². The van der Waals surface area contributed by atoms with Crippen molar-refractivity contribution in [1.82, 2.24) is 0 Å². The van der Waals surface area contributed by atoms with Crippen LogP contribution in [-0.4, -0.2) is 6.10 Å². The highest BCUT2D eigenvalue weighted by Gasteiger charge is 1.77. The van der Waals surface area contributed by atoms with Crippen LogP contribution in [0.15, 0.2) is 0 Å². The summed E-state index contributed by atoms with van der Waals surface area (Å²) in [4.78, 5) is 0. The molecule has 0 aliphatic heterocycles. The second-order valence-electron chi connectivity index (χ2n) is 1.35. The van der Waals surface area contributed by atoms with E-state index in [0.717, 1.165) is 0 Å². The molecule has 0 N–H and O–H groups in total. The third kappa shape index (κ3) is 6.75. The minimum Gasteiger partial charge on any atom is -0.465 e. The third-order valence-corrected chi connectivity index (χ3v) is 1.28. The quantitative estimate of drug-likeness (QED) is 0.548. The molecule has 44 valence electrons. The largest absolute Gasteiger partial charge is 0.465 e. The van der Waals surface area contributed by atoms with Crippen LogP contribution in [0, 0.1) is 0 Å². The van der Waals surface area contributed by atoms with E-state index < -0.39 is 8.29 Å².